The van der Waals surface area contributed by atoms with Crippen LogP contribution in [0.5, 0.6) is 0 Å². The average Bonchev–Trinajstić information content (AvgIpc) is 2.20. The van der Waals surface area contributed by atoms with E-state index < -0.39 is 0 Å². The Morgan fingerprint density at radius 1 is 1.64 bits per heavy atom. The number of hydrogen-bond acceptors (Lipinski definition) is 3. The second-order valence-electron chi connectivity index (χ2n) is 2.77. The Labute approximate surface area is 96.6 Å². The lowest BCUT2D eigenvalue weighted by atomic mass is 10.2. The number of ketones is 1. The van der Waals surface area contributed by atoms with Crippen LogP contribution in [0.25, 0.3) is 0 Å². The molecule has 0 unspecified atom stereocenters. The third-order valence-electron chi connectivity index (χ3n) is 1.84. The molecule has 1 heterocycles. The molecule has 0 spiro atoms. The highest BCUT2D eigenvalue weighted by molar-refractivity contribution is 9.09. The molecule has 0 radical (unpaired) electrons. The van der Waals surface area contributed by atoms with Gasteiger partial charge < -0.3 is 0 Å². The predicted molar refractivity (Wildman–Crippen MR) is 63.5 cm³/mol. The second kappa shape index (κ2) is 5.51. The van der Waals surface area contributed by atoms with Crippen molar-refractivity contribution in [2.24, 2.45) is 0 Å². The van der Waals surface area contributed by atoms with Gasteiger partial charge in [-0.15, -0.1) is 11.8 Å². The molecular formula is C10H12BrNOS. The number of aromatic nitrogens is 1. The number of alkyl halides is 1. The fourth-order valence-corrected chi connectivity index (χ4v) is 2.22. The third kappa shape index (κ3) is 2.58. The molecule has 1 aromatic heterocycles. The zero-order chi connectivity index (χ0) is 10.6. The maximum atomic E-state index is 11.5. The smallest absolute Gasteiger partial charge is 0.191 e. The van der Waals surface area contributed by atoms with E-state index in [9.17, 15) is 4.79 Å². The largest absolute Gasteiger partial charge is 0.291 e. The molecule has 0 bridgehead atoms. The van der Waals surface area contributed by atoms with Gasteiger partial charge in [0.05, 0.1) is 5.33 Å². The van der Waals surface area contributed by atoms with E-state index in [1.165, 1.54) is 0 Å². The zero-order valence-corrected chi connectivity index (χ0v) is 10.6. The van der Waals surface area contributed by atoms with Gasteiger partial charge >= 0.3 is 0 Å². The molecular weight excluding hydrogens is 262 g/mol. The van der Waals surface area contributed by atoms with Crippen LogP contribution >= 0.6 is 27.7 Å². The summed E-state index contributed by atoms with van der Waals surface area (Å²) in [5.41, 5.74) is 1.57. The number of Topliss-reactive ketones (excluding diaryl/α,β-unsaturated/α-hetero) is 1. The first kappa shape index (κ1) is 11.7. The van der Waals surface area contributed by atoms with Crippen molar-refractivity contribution in [3.05, 3.63) is 23.5 Å². The number of halogens is 1. The van der Waals surface area contributed by atoms with Gasteiger partial charge in [0.2, 0.25) is 0 Å². The van der Waals surface area contributed by atoms with Crippen LogP contribution in [0.2, 0.25) is 0 Å². The Bertz CT molecular complexity index is 341. The van der Waals surface area contributed by atoms with Crippen molar-refractivity contribution < 1.29 is 4.79 Å². The number of rotatable bonds is 4. The summed E-state index contributed by atoms with van der Waals surface area (Å²) in [5.74, 6) is 1.05. The average molecular weight is 274 g/mol. The monoisotopic (exact) mass is 273 g/mol. The minimum Gasteiger partial charge on any atom is -0.291 e. The van der Waals surface area contributed by atoms with Gasteiger partial charge in [-0.2, -0.15) is 0 Å². The summed E-state index contributed by atoms with van der Waals surface area (Å²) < 4.78 is 0. The van der Waals surface area contributed by atoms with Crippen molar-refractivity contribution in [2.75, 3.05) is 11.1 Å². The molecule has 4 heteroatoms. The van der Waals surface area contributed by atoms with Crippen LogP contribution in [-0.2, 0) is 0 Å². The molecule has 0 atom stereocenters. The highest BCUT2D eigenvalue weighted by atomic mass is 79.9. The van der Waals surface area contributed by atoms with Crippen molar-refractivity contribution in [2.45, 2.75) is 18.7 Å². The Hall–Kier alpha value is -0.350. The van der Waals surface area contributed by atoms with Crippen LogP contribution in [0, 0.1) is 6.92 Å². The van der Waals surface area contributed by atoms with Gasteiger partial charge in [-0.25, -0.2) is 0 Å². The summed E-state index contributed by atoms with van der Waals surface area (Å²) in [7, 11) is 0. The van der Waals surface area contributed by atoms with Crippen LogP contribution in [0.3, 0.4) is 0 Å². The molecule has 76 valence electrons. The quantitative estimate of drug-likeness (QED) is 0.480. The van der Waals surface area contributed by atoms with E-state index in [4.69, 9.17) is 0 Å². The summed E-state index contributed by atoms with van der Waals surface area (Å²) in [4.78, 5) is 16.7. The van der Waals surface area contributed by atoms with Crippen molar-refractivity contribution >= 4 is 33.5 Å². The van der Waals surface area contributed by atoms with E-state index >= 15 is 0 Å². The lowest BCUT2D eigenvalue weighted by Gasteiger charge is -2.06. The SMILES string of the molecule is CCSc1ccnc(C(=O)CBr)c1C. The van der Waals surface area contributed by atoms with Crippen LogP contribution in [0.15, 0.2) is 17.2 Å². The van der Waals surface area contributed by atoms with Gasteiger partial charge in [0.1, 0.15) is 5.69 Å². The third-order valence-corrected chi connectivity index (χ3v) is 3.39. The molecule has 0 aliphatic rings. The summed E-state index contributed by atoms with van der Waals surface area (Å²) in [6, 6.07) is 1.95. The topological polar surface area (TPSA) is 30.0 Å². The number of carbonyl (C=O) groups excluding carboxylic acids is 1. The minimum absolute atomic E-state index is 0.0426. The molecule has 1 rings (SSSR count). The first-order chi connectivity index (χ1) is 6.70. The maximum Gasteiger partial charge on any atom is 0.191 e. The van der Waals surface area contributed by atoms with Crippen LogP contribution in [0.4, 0.5) is 0 Å². The molecule has 0 aliphatic heterocycles. The van der Waals surface area contributed by atoms with Crippen molar-refractivity contribution in [3.63, 3.8) is 0 Å². The second-order valence-corrected chi connectivity index (χ2v) is 4.64. The first-order valence-electron chi connectivity index (χ1n) is 4.38. The number of pyridine rings is 1. The van der Waals surface area contributed by atoms with Gasteiger partial charge in [0.25, 0.3) is 0 Å². The Kier molecular flexibility index (Phi) is 4.62. The fraction of sp³-hybridized carbons (Fsp3) is 0.400. The van der Waals surface area contributed by atoms with Gasteiger partial charge in [-0.3, -0.25) is 9.78 Å². The summed E-state index contributed by atoms with van der Waals surface area (Å²) in [6.45, 7) is 4.04. The highest BCUT2D eigenvalue weighted by Gasteiger charge is 2.11. The van der Waals surface area contributed by atoms with E-state index in [0.717, 1.165) is 16.2 Å². The Balaban J connectivity index is 3.07. The van der Waals surface area contributed by atoms with E-state index in [1.54, 1.807) is 18.0 Å². The number of thioether (sulfide) groups is 1. The van der Waals surface area contributed by atoms with E-state index in [2.05, 4.69) is 27.8 Å². The zero-order valence-electron chi connectivity index (χ0n) is 8.21. The Morgan fingerprint density at radius 2 is 2.36 bits per heavy atom. The lowest BCUT2D eigenvalue weighted by molar-refractivity contribution is 0.101. The molecule has 0 saturated carbocycles. The molecule has 0 amide bonds. The minimum atomic E-state index is 0.0426. The first-order valence-corrected chi connectivity index (χ1v) is 6.49. The van der Waals surface area contributed by atoms with Crippen molar-refractivity contribution in [1.82, 2.24) is 4.98 Å². The van der Waals surface area contributed by atoms with Crippen LogP contribution in [-0.4, -0.2) is 21.9 Å². The van der Waals surface area contributed by atoms with Gasteiger partial charge in [0.15, 0.2) is 5.78 Å². The van der Waals surface area contributed by atoms with Gasteiger partial charge in [0, 0.05) is 11.1 Å². The molecule has 0 aromatic carbocycles. The summed E-state index contributed by atoms with van der Waals surface area (Å²) in [5, 5.41) is 0.334. The number of hydrogen-bond donors (Lipinski definition) is 0. The number of carbonyl (C=O) groups is 1. The summed E-state index contributed by atoms with van der Waals surface area (Å²) in [6.07, 6.45) is 1.70. The fourth-order valence-electron chi connectivity index (χ4n) is 1.17. The standard InChI is InChI=1S/C10H12BrNOS/c1-3-14-9-4-5-12-10(7(9)2)8(13)6-11/h4-5H,3,6H2,1-2H3. The molecule has 2 nitrogen and oxygen atoms in total. The van der Waals surface area contributed by atoms with Crippen molar-refractivity contribution in [1.29, 1.82) is 0 Å². The molecule has 14 heavy (non-hydrogen) atoms. The lowest BCUT2D eigenvalue weighted by Crippen LogP contribution is -2.06. The van der Waals surface area contributed by atoms with E-state index in [0.29, 0.717) is 11.0 Å². The molecule has 0 saturated heterocycles. The molecule has 0 N–H and O–H groups in total. The van der Waals surface area contributed by atoms with Crippen LogP contribution < -0.4 is 0 Å². The molecule has 1 aromatic rings. The highest BCUT2D eigenvalue weighted by Crippen LogP contribution is 2.23. The normalized spacial score (nSPS) is 10.2. The Morgan fingerprint density at radius 3 is 2.93 bits per heavy atom. The maximum absolute atomic E-state index is 11.5. The molecule has 0 fully saturated rings. The van der Waals surface area contributed by atoms with Gasteiger partial charge in [-0.1, -0.05) is 22.9 Å². The predicted octanol–water partition coefficient (Wildman–Crippen LogP) is 3.08. The number of nitrogens with zero attached hydrogens (tertiary/aromatic N) is 1. The van der Waals surface area contributed by atoms with Crippen molar-refractivity contribution in [3.8, 4) is 0 Å². The van der Waals surface area contributed by atoms with Gasteiger partial charge in [-0.05, 0) is 24.3 Å². The van der Waals surface area contributed by atoms with Crippen LogP contribution in [0.1, 0.15) is 23.0 Å². The van der Waals surface area contributed by atoms with E-state index in [-0.39, 0.29) is 5.78 Å². The summed E-state index contributed by atoms with van der Waals surface area (Å²) >= 11 is 4.89. The molecule has 0 aliphatic carbocycles. The van der Waals surface area contributed by atoms with E-state index in [1.807, 2.05) is 13.0 Å².